The van der Waals surface area contributed by atoms with Crippen LogP contribution in [0.2, 0.25) is 0 Å². The first-order valence-electron chi connectivity index (χ1n) is 7.84. The number of carbonyl (C=O) groups is 2. The van der Waals surface area contributed by atoms with Gasteiger partial charge in [-0.3, -0.25) is 9.59 Å². The van der Waals surface area contributed by atoms with Crippen molar-refractivity contribution in [3.8, 4) is 0 Å². The Balaban J connectivity index is 1.96. The van der Waals surface area contributed by atoms with E-state index in [4.69, 9.17) is 9.47 Å². The topological polar surface area (TPSA) is 55.8 Å². The van der Waals surface area contributed by atoms with Crippen LogP contribution in [0.1, 0.15) is 12.5 Å². The lowest BCUT2D eigenvalue weighted by Crippen LogP contribution is -2.36. The fourth-order valence-corrected chi connectivity index (χ4v) is 2.18. The van der Waals surface area contributed by atoms with E-state index in [1.54, 1.807) is 11.8 Å². The van der Waals surface area contributed by atoms with Crippen LogP contribution in [0, 0.1) is 0 Å². The average Bonchev–Trinajstić information content (AvgIpc) is 2.61. The zero-order valence-corrected chi connectivity index (χ0v) is 13.7. The Morgan fingerprint density at radius 3 is 1.96 bits per heavy atom. The van der Waals surface area contributed by atoms with Crippen LogP contribution in [0.25, 0.3) is 0 Å². The lowest BCUT2D eigenvalue weighted by Gasteiger charge is -2.22. The highest BCUT2D eigenvalue weighted by atomic mass is 16.5. The van der Waals surface area contributed by atoms with Crippen molar-refractivity contribution in [1.29, 1.82) is 0 Å². The Morgan fingerprint density at radius 2 is 1.38 bits per heavy atom. The van der Waals surface area contributed by atoms with Crippen molar-refractivity contribution >= 4 is 17.6 Å². The van der Waals surface area contributed by atoms with E-state index in [-0.39, 0.29) is 25.7 Å². The number of anilines is 1. The van der Waals surface area contributed by atoms with Crippen LogP contribution < -0.4 is 4.90 Å². The van der Waals surface area contributed by atoms with Crippen molar-refractivity contribution in [2.45, 2.75) is 13.5 Å². The summed E-state index contributed by atoms with van der Waals surface area (Å²) in [6.45, 7) is 2.24. The molecule has 0 saturated carbocycles. The van der Waals surface area contributed by atoms with Crippen LogP contribution in [0.3, 0.4) is 0 Å². The molecule has 0 unspecified atom stereocenters. The second kappa shape index (κ2) is 9.35. The molecule has 24 heavy (non-hydrogen) atoms. The number of hydrogen-bond donors (Lipinski definition) is 0. The molecule has 126 valence electrons. The standard InChI is InChI=1S/C19H21NO4/c1-2-23-18(21)13-20(17-11-7-4-8-12-17)14-19(22)24-15-16-9-5-3-6-10-16/h3-12H,2,13-15H2,1H3. The molecule has 0 radical (unpaired) electrons. The number of rotatable bonds is 8. The number of esters is 2. The number of nitrogens with zero attached hydrogens (tertiary/aromatic N) is 1. The van der Waals surface area contributed by atoms with E-state index in [0.717, 1.165) is 11.3 Å². The molecular weight excluding hydrogens is 306 g/mol. The summed E-state index contributed by atoms with van der Waals surface area (Å²) >= 11 is 0. The molecule has 5 heteroatoms. The molecule has 2 aromatic carbocycles. The first kappa shape index (κ1) is 17.5. The van der Waals surface area contributed by atoms with Crippen LogP contribution in [0.15, 0.2) is 60.7 Å². The second-order valence-electron chi connectivity index (χ2n) is 5.14. The summed E-state index contributed by atoms with van der Waals surface area (Å²) in [5.74, 6) is -0.774. The Morgan fingerprint density at radius 1 is 0.833 bits per heavy atom. The van der Waals surface area contributed by atoms with E-state index in [9.17, 15) is 9.59 Å². The van der Waals surface area contributed by atoms with Crippen molar-refractivity contribution in [3.05, 3.63) is 66.2 Å². The molecule has 0 heterocycles. The number of ether oxygens (including phenoxy) is 2. The zero-order chi connectivity index (χ0) is 17.2. The summed E-state index contributed by atoms with van der Waals surface area (Å²) in [6, 6.07) is 18.7. The van der Waals surface area contributed by atoms with Gasteiger partial charge < -0.3 is 14.4 Å². The Labute approximate surface area is 141 Å². The predicted octanol–water partition coefficient (Wildman–Crippen LogP) is 2.80. The number of carbonyl (C=O) groups excluding carboxylic acids is 2. The number of hydrogen-bond acceptors (Lipinski definition) is 5. The average molecular weight is 327 g/mol. The third-order valence-corrected chi connectivity index (χ3v) is 3.31. The molecule has 0 N–H and O–H groups in total. The van der Waals surface area contributed by atoms with E-state index in [1.165, 1.54) is 0 Å². The fourth-order valence-electron chi connectivity index (χ4n) is 2.18. The fraction of sp³-hybridized carbons (Fsp3) is 0.263. The summed E-state index contributed by atoms with van der Waals surface area (Å²) in [5, 5.41) is 0. The van der Waals surface area contributed by atoms with Gasteiger partial charge in [-0.1, -0.05) is 48.5 Å². The van der Waals surface area contributed by atoms with Gasteiger partial charge in [0.05, 0.1) is 6.61 Å². The van der Waals surface area contributed by atoms with Crippen molar-refractivity contribution < 1.29 is 19.1 Å². The zero-order valence-electron chi connectivity index (χ0n) is 13.7. The highest BCUT2D eigenvalue weighted by molar-refractivity contribution is 5.81. The van der Waals surface area contributed by atoms with Gasteiger partial charge >= 0.3 is 11.9 Å². The molecular formula is C19H21NO4. The number of benzene rings is 2. The van der Waals surface area contributed by atoms with Gasteiger partial charge in [0.15, 0.2) is 0 Å². The SMILES string of the molecule is CCOC(=O)CN(CC(=O)OCc1ccccc1)c1ccccc1. The lowest BCUT2D eigenvalue weighted by molar-refractivity contribution is -0.143. The summed E-state index contributed by atoms with van der Waals surface area (Å²) in [4.78, 5) is 25.5. The monoisotopic (exact) mass is 327 g/mol. The molecule has 0 amide bonds. The van der Waals surface area contributed by atoms with Crippen LogP contribution in [0.5, 0.6) is 0 Å². The third kappa shape index (κ3) is 5.76. The second-order valence-corrected chi connectivity index (χ2v) is 5.14. The molecule has 0 spiro atoms. The minimum absolute atomic E-state index is 0.00170. The van der Waals surface area contributed by atoms with Gasteiger partial charge in [0.25, 0.3) is 0 Å². The molecule has 5 nitrogen and oxygen atoms in total. The summed E-state index contributed by atoms with van der Waals surface area (Å²) < 4.78 is 10.3. The molecule has 0 aliphatic rings. The minimum Gasteiger partial charge on any atom is -0.465 e. The minimum atomic E-state index is -0.396. The lowest BCUT2D eigenvalue weighted by atomic mass is 10.2. The summed E-state index contributed by atoms with van der Waals surface area (Å²) in [6.07, 6.45) is 0. The van der Waals surface area contributed by atoms with E-state index in [2.05, 4.69) is 0 Å². The quantitative estimate of drug-likeness (QED) is 0.698. The summed E-state index contributed by atoms with van der Waals surface area (Å²) in [7, 11) is 0. The first-order chi connectivity index (χ1) is 11.7. The van der Waals surface area contributed by atoms with E-state index in [1.807, 2.05) is 60.7 Å². The van der Waals surface area contributed by atoms with E-state index < -0.39 is 5.97 Å². The summed E-state index contributed by atoms with van der Waals surface area (Å²) in [5.41, 5.74) is 1.68. The van der Waals surface area contributed by atoms with Gasteiger partial charge in [0.1, 0.15) is 19.7 Å². The van der Waals surface area contributed by atoms with E-state index >= 15 is 0 Å². The van der Waals surface area contributed by atoms with Crippen LogP contribution in [-0.2, 0) is 25.7 Å². The van der Waals surface area contributed by atoms with Gasteiger partial charge in [-0.15, -0.1) is 0 Å². The smallest absolute Gasteiger partial charge is 0.325 e. The van der Waals surface area contributed by atoms with Gasteiger partial charge in [0.2, 0.25) is 0 Å². The van der Waals surface area contributed by atoms with Crippen molar-refractivity contribution in [2.75, 3.05) is 24.6 Å². The highest BCUT2D eigenvalue weighted by Gasteiger charge is 2.17. The maximum Gasteiger partial charge on any atom is 0.325 e. The van der Waals surface area contributed by atoms with Gasteiger partial charge in [0, 0.05) is 5.69 Å². The predicted molar refractivity (Wildman–Crippen MR) is 91.5 cm³/mol. The van der Waals surface area contributed by atoms with Gasteiger partial charge in [-0.05, 0) is 24.6 Å². The normalized spacial score (nSPS) is 10.0. The largest absolute Gasteiger partial charge is 0.465 e. The molecule has 0 bridgehead atoms. The molecule has 0 aliphatic heterocycles. The molecule has 0 saturated heterocycles. The van der Waals surface area contributed by atoms with Crippen molar-refractivity contribution in [1.82, 2.24) is 0 Å². The molecule has 2 aromatic rings. The molecule has 0 atom stereocenters. The maximum atomic E-state index is 12.1. The van der Waals surface area contributed by atoms with Gasteiger partial charge in [-0.25, -0.2) is 0 Å². The Hall–Kier alpha value is -2.82. The number of para-hydroxylation sites is 1. The molecule has 0 aliphatic carbocycles. The first-order valence-corrected chi connectivity index (χ1v) is 7.84. The molecule has 2 rings (SSSR count). The van der Waals surface area contributed by atoms with Crippen molar-refractivity contribution in [2.24, 2.45) is 0 Å². The van der Waals surface area contributed by atoms with Crippen LogP contribution in [0.4, 0.5) is 5.69 Å². The van der Waals surface area contributed by atoms with E-state index in [0.29, 0.717) is 6.61 Å². The van der Waals surface area contributed by atoms with Crippen LogP contribution in [-0.4, -0.2) is 31.6 Å². The molecule has 0 aromatic heterocycles. The Kier molecular flexibility index (Phi) is 6.83. The highest BCUT2D eigenvalue weighted by Crippen LogP contribution is 2.13. The maximum absolute atomic E-state index is 12.1. The Bertz CT molecular complexity index is 643. The van der Waals surface area contributed by atoms with Gasteiger partial charge in [-0.2, -0.15) is 0 Å². The molecule has 0 fully saturated rings. The van der Waals surface area contributed by atoms with Crippen molar-refractivity contribution in [3.63, 3.8) is 0 Å². The third-order valence-electron chi connectivity index (χ3n) is 3.31. The van der Waals surface area contributed by atoms with Crippen LogP contribution >= 0.6 is 0 Å².